The number of rotatable bonds is 0. The lowest BCUT2D eigenvalue weighted by Gasteiger charge is -2.11. The molecule has 4 aromatic carbocycles. The van der Waals surface area contributed by atoms with Crippen molar-refractivity contribution in [3.8, 4) is 0 Å². The maximum Gasteiger partial charge on any atom is 0.000496 e. The van der Waals surface area contributed by atoms with E-state index in [1.165, 1.54) is 37.9 Å². The topological polar surface area (TPSA) is 15.8 Å². The average molecular weight is 283 g/mol. The van der Waals surface area contributed by atoms with E-state index in [-0.39, 0.29) is 0 Å². The van der Waals surface area contributed by atoms with Crippen molar-refractivity contribution < 1.29 is 0 Å². The van der Waals surface area contributed by atoms with E-state index in [9.17, 15) is 0 Å². The number of benzene rings is 4. The molecule has 0 radical (unpaired) electrons. The highest BCUT2D eigenvalue weighted by atomic mass is 14.6. The van der Waals surface area contributed by atoms with Crippen LogP contribution in [-0.4, -0.2) is 4.98 Å². The Kier molecular flexibility index (Phi) is 3.05. The Morgan fingerprint density at radius 2 is 1.18 bits per heavy atom. The summed E-state index contributed by atoms with van der Waals surface area (Å²) in [6, 6.07) is 23.8. The normalized spacial score (nSPS) is 11.0. The summed E-state index contributed by atoms with van der Waals surface area (Å²) in [5.41, 5.74) is 1.36. The molecule has 1 N–H and O–H groups in total. The first kappa shape index (κ1) is 12.9. The van der Waals surface area contributed by atoms with Crippen LogP contribution in [0.1, 0.15) is 5.56 Å². The lowest BCUT2D eigenvalue weighted by atomic mass is 9.92. The number of hydrogen-bond acceptors (Lipinski definition) is 0. The van der Waals surface area contributed by atoms with Gasteiger partial charge in [-0.15, -0.1) is 0 Å². The van der Waals surface area contributed by atoms with Gasteiger partial charge >= 0.3 is 0 Å². The lowest BCUT2D eigenvalue weighted by Crippen LogP contribution is -1.85. The molecule has 0 aliphatic heterocycles. The van der Waals surface area contributed by atoms with Crippen LogP contribution in [0.25, 0.3) is 32.3 Å². The predicted molar refractivity (Wildman–Crippen MR) is 95.7 cm³/mol. The van der Waals surface area contributed by atoms with Crippen LogP contribution in [0.4, 0.5) is 0 Å². The van der Waals surface area contributed by atoms with Gasteiger partial charge in [-0.25, -0.2) is 0 Å². The van der Waals surface area contributed by atoms with Gasteiger partial charge in [-0.1, -0.05) is 54.6 Å². The van der Waals surface area contributed by atoms with Crippen molar-refractivity contribution in [2.24, 2.45) is 0 Å². The molecule has 0 atom stereocenters. The van der Waals surface area contributed by atoms with Gasteiger partial charge in [-0.3, -0.25) is 0 Å². The molecular formula is C21H17N. The quantitative estimate of drug-likeness (QED) is 0.340. The van der Waals surface area contributed by atoms with Crippen LogP contribution in [0.15, 0.2) is 79.1 Å². The van der Waals surface area contributed by atoms with Gasteiger partial charge in [0, 0.05) is 12.4 Å². The third-order valence-electron chi connectivity index (χ3n) is 4.24. The van der Waals surface area contributed by atoms with Crippen molar-refractivity contribution in [1.82, 2.24) is 4.98 Å². The molecule has 5 aromatic rings. The van der Waals surface area contributed by atoms with Gasteiger partial charge in [0.15, 0.2) is 0 Å². The van der Waals surface area contributed by atoms with Crippen molar-refractivity contribution >= 4 is 32.3 Å². The summed E-state index contributed by atoms with van der Waals surface area (Å²) in [7, 11) is 0. The zero-order chi connectivity index (χ0) is 14.9. The Labute approximate surface area is 129 Å². The van der Waals surface area contributed by atoms with Crippen LogP contribution in [0.3, 0.4) is 0 Å². The molecule has 1 heteroatoms. The van der Waals surface area contributed by atoms with E-state index in [1.807, 2.05) is 24.5 Å². The van der Waals surface area contributed by atoms with E-state index in [0.29, 0.717) is 0 Å². The van der Waals surface area contributed by atoms with Crippen molar-refractivity contribution in [2.45, 2.75) is 6.92 Å². The van der Waals surface area contributed by atoms with Crippen LogP contribution in [-0.2, 0) is 0 Å². The standard InChI is InChI=1S/C17H12.C4H5N/c1-11-5-6-14-8-7-12-3-2-4-13-9-10-15(11)17(14)16(12)13;1-2-4-5-3-1/h2-10H,1H3;1-5H. The minimum Gasteiger partial charge on any atom is -0.368 e. The van der Waals surface area contributed by atoms with Crippen LogP contribution in [0, 0.1) is 6.92 Å². The van der Waals surface area contributed by atoms with Crippen molar-refractivity contribution in [3.63, 3.8) is 0 Å². The van der Waals surface area contributed by atoms with Gasteiger partial charge in [0.25, 0.3) is 0 Å². The lowest BCUT2D eigenvalue weighted by molar-refractivity contribution is 1.42. The zero-order valence-corrected chi connectivity index (χ0v) is 12.5. The van der Waals surface area contributed by atoms with E-state index in [1.54, 1.807) is 0 Å². The van der Waals surface area contributed by atoms with E-state index < -0.39 is 0 Å². The molecule has 106 valence electrons. The van der Waals surface area contributed by atoms with Gasteiger partial charge in [0.2, 0.25) is 0 Å². The fourth-order valence-corrected chi connectivity index (χ4v) is 3.16. The minimum atomic E-state index is 1.34. The second-order valence-corrected chi connectivity index (χ2v) is 5.62. The van der Waals surface area contributed by atoms with E-state index in [2.05, 4.69) is 66.5 Å². The summed E-state index contributed by atoms with van der Waals surface area (Å²) < 4.78 is 0. The molecule has 0 aliphatic carbocycles. The van der Waals surface area contributed by atoms with Crippen LogP contribution < -0.4 is 0 Å². The van der Waals surface area contributed by atoms with Crippen LogP contribution in [0.5, 0.6) is 0 Å². The number of aryl methyl sites for hydroxylation is 1. The predicted octanol–water partition coefficient (Wildman–Crippen LogP) is 5.91. The van der Waals surface area contributed by atoms with E-state index >= 15 is 0 Å². The molecule has 0 aliphatic rings. The third kappa shape index (κ3) is 2.03. The van der Waals surface area contributed by atoms with Crippen LogP contribution in [0.2, 0.25) is 0 Å². The van der Waals surface area contributed by atoms with Crippen molar-refractivity contribution in [2.75, 3.05) is 0 Å². The van der Waals surface area contributed by atoms with Gasteiger partial charge < -0.3 is 4.98 Å². The monoisotopic (exact) mass is 283 g/mol. The molecular weight excluding hydrogens is 266 g/mol. The minimum absolute atomic E-state index is 1.34. The first-order valence-electron chi connectivity index (χ1n) is 7.55. The summed E-state index contributed by atoms with van der Waals surface area (Å²) in [6.45, 7) is 2.19. The molecule has 1 aromatic heterocycles. The van der Waals surface area contributed by atoms with E-state index in [0.717, 1.165) is 0 Å². The second kappa shape index (κ2) is 5.19. The molecule has 0 saturated carbocycles. The number of H-pyrrole nitrogens is 1. The number of aromatic amines is 1. The van der Waals surface area contributed by atoms with Crippen molar-refractivity contribution in [3.05, 3.63) is 84.7 Å². The Bertz CT molecular complexity index is 993. The fourth-order valence-electron chi connectivity index (χ4n) is 3.16. The fraction of sp³-hybridized carbons (Fsp3) is 0.0476. The summed E-state index contributed by atoms with van der Waals surface area (Å²) in [6.07, 6.45) is 3.75. The zero-order valence-electron chi connectivity index (χ0n) is 12.5. The molecule has 1 nitrogen and oxygen atoms in total. The summed E-state index contributed by atoms with van der Waals surface area (Å²) >= 11 is 0. The molecule has 1 heterocycles. The highest BCUT2D eigenvalue weighted by molar-refractivity contribution is 6.23. The molecule has 0 amide bonds. The Balaban J connectivity index is 0.000000215. The molecule has 0 spiro atoms. The van der Waals surface area contributed by atoms with Crippen molar-refractivity contribution in [1.29, 1.82) is 0 Å². The first-order valence-corrected chi connectivity index (χ1v) is 7.55. The van der Waals surface area contributed by atoms with E-state index in [4.69, 9.17) is 0 Å². The Morgan fingerprint density at radius 3 is 1.82 bits per heavy atom. The molecule has 0 unspecified atom stereocenters. The number of hydrogen-bond donors (Lipinski definition) is 1. The largest absolute Gasteiger partial charge is 0.368 e. The second-order valence-electron chi connectivity index (χ2n) is 5.62. The van der Waals surface area contributed by atoms with Gasteiger partial charge in [-0.2, -0.15) is 0 Å². The number of aromatic nitrogens is 1. The number of nitrogens with one attached hydrogen (secondary N) is 1. The summed E-state index contributed by atoms with van der Waals surface area (Å²) in [5, 5.41) is 8.23. The Hall–Kier alpha value is -2.80. The van der Waals surface area contributed by atoms with Gasteiger partial charge in [0.1, 0.15) is 0 Å². The highest BCUT2D eigenvalue weighted by Gasteiger charge is 2.08. The highest BCUT2D eigenvalue weighted by Crippen LogP contribution is 2.35. The molecule has 22 heavy (non-hydrogen) atoms. The Morgan fingerprint density at radius 1 is 0.591 bits per heavy atom. The third-order valence-corrected chi connectivity index (χ3v) is 4.24. The summed E-state index contributed by atoms with van der Waals surface area (Å²) in [4.78, 5) is 2.86. The van der Waals surface area contributed by atoms with Crippen LogP contribution >= 0.6 is 0 Å². The molecule has 0 saturated heterocycles. The smallest absolute Gasteiger partial charge is 0.000496 e. The maximum absolute atomic E-state index is 2.86. The first-order chi connectivity index (χ1) is 10.8. The average Bonchev–Trinajstić information content (AvgIpc) is 3.14. The molecule has 0 bridgehead atoms. The SMILES string of the molecule is Cc1ccc2ccc3cccc4ccc1c2c34.c1cc[nH]c1. The maximum atomic E-state index is 2.86. The summed E-state index contributed by atoms with van der Waals surface area (Å²) in [5.74, 6) is 0. The molecule has 0 fully saturated rings. The van der Waals surface area contributed by atoms with Gasteiger partial charge in [0.05, 0.1) is 0 Å². The molecule has 5 rings (SSSR count). The van der Waals surface area contributed by atoms with Gasteiger partial charge in [-0.05, 0) is 56.9 Å².